The standard InChI is InChI=1S/C16H20N6O3S/c1-11(13(23)18-14(17)24)26-16-20-19-15(21-7-9-25-10-8-21)22(16)12-5-3-2-4-6-12/h2-6,11H,7-10H2,1H3,(H3,17,18,23,24). The Morgan fingerprint density at radius 3 is 2.58 bits per heavy atom. The molecule has 0 bridgehead atoms. The van der Waals surface area contributed by atoms with Gasteiger partial charge in [0.1, 0.15) is 0 Å². The van der Waals surface area contributed by atoms with E-state index in [9.17, 15) is 9.59 Å². The first-order valence-corrected chi connectivity index (χ1v) is 9.04. The molecule has 2 aromatic rings. The van der Waals surface area contributed by atoms with Crippen molar-refractivity contribution >= 4 is 29.6 Å². The lowest BCUT2D eigenvalue weighted by molar-refractivity contribution is -0.119. The molecule has 138 valence electrons. The van der Waals surface area contributed by atoms with Crippen LogP contribution in [0.5, 0.6) is 0 Å². The van der Waals surface area contributed by atoms with E-state index in [1.165, 1.54) is 11.8 Å². The number of amides is 3. The molecule has 1 unspecified atom stereocenters. The fourth-order valence-corrected chi connectivity index (χ4v) is 3.41. The average Bonchev–Trinajstić information content (AvgIpc) is 3.06. The molecule has 3 rings (SSSR count). The van der Waals surface area contributed by atoms with E-state index in [2.05, 4.69) is 20.4 Å². The molecular formula is C16H20N6O3S. The van der Waals surface area contributed by atoms with Crippen LogP contribution < -0.4 is 16.0 Å². The molecule has 1 aliphatic rings. The quantitative estimate of drug-likeness (QED) is 0.741. The van der Waals surface area contributed by atoms with Crippen molar-refractivity contribution in [2.24, 2.45) is 5.73 Å². The monoisotopic (exact) mass is 376 g/mol. The second-order valence-corrected chi connectivity index (χ2v) is 6.97. The van der Waals surface area contributed by atoms with Crippen LogP contribution in [0.2, 0.25) is 0 Å². The summed E-state index contributed by atoms with van der Waals surface area (Å²) < 4.78 is 7.31. The molecule has 1 atom stereocenters. The van der Waals surface area contributed by atoms with Crippen molar-refractivity contribution in [1.29, 1.82) is 0 Å². The molecule has 0 saturated carbocycles. The number of hydrogen-bond donors (Lipinski definition) is 2. The van der Waals surface area contributed by atoms with Gasteiger partial charge >= 0.3 is 6.03 Å². The number of rotatable bonds is 5. The normalized spacial score (nSPS) is 15.5. The second kappa shape index (κ2) is 8.19. The number of benzene rings is 1. The summed E-state index contributed by atoms with van der Waals surface area (Å²) in [6, 6.07) is 8.81. The Balaban J connectivity index is 1.91. The fourth-order valence-electron chi connectivity index (χ4n) is 2.54. The van der Waals surface area contributed by atoms with E-state index in [0.717, 1.165) is 5.69 Å². The van der Waals surface area contributed by atoms with Gasteiger partial charge in [0.05, 0.1) is 24.2 Å². The number of nitrogens with two attached hydrogens (primary N) is 1. The number of carbonyl (C=O) groups excluding carboxylic acids is 2. The first-order chi connectivity index (χ1) is 12.6. The number of thioether (sulfide) groups is 1. The summed E-state index contributed by atoms with van der Waals surface area (Å²) in [4.78, 5) is 25.0. The number of imide groups is 1. The topological polar surface area (TPSA) is 115 Å². The van der Waals surface area contributed by atoms with E-state index in [4.69, 9.17) is 10.5 Å². The Hall–Kier alpha value is -2.59. The molecular weight excluding hydrogens is 356 g/mol. The summed E-state index contributed by atoms with van der Waals surface area (Å²) >= 11 is 1.21. The molecule has 3 N–H and O–H groups in total. The molecule has 1 fully saturated rings. The highest BCUT2D eigenvalue weighted by atomic mass is 32.2. The van der Waals surface area contributed by atoms with Crippen LogP contribution >= 0.6 is 11.8 Å². The van der Waals surface area contributed by atoms with Gasteiger partial charge in [-0.3, -0.25) is 14.7 Å². The Morgan fingerprint density at radius 1 is 1.23 bits per heavy atom. The van der Waals surface area contributed by atoms with Gasteiger partial charge in [-0.1, -0.05) is 30.0 Å². The van der Waals surface area contributed by atoms with Gasteiger partial charge in [0.2, 0.25) is 11.9 Å². The summed E-state index contributed by atoms with van der Waals surface area (Å²) in [6.07, 6.45) is 0. The minimum absolute atomic E-state index is 0.474. The molecule has 9 nitrogen and oxygen atoms in total. The lowest BCUT2D eigenvalue weighted by Crippen LogP contribution is -2.39. The molecule has 1 aliphatic heterocycles. The minimum atomic E-state index is -0.874. The number of hydrogen-bond acceptors (Lipinski definition) is 7. The van der Waals surface area contributed by atoms with Gasteiger partial charge in [-0.15, -0.1) is 10.2 Å². The van der Waals surface area contributed by atoms with Gasteiger partial charge in [0.25, 0.3) is 0 Å². The van der Waals surface area contributed by atoms with E-state index >= 15 is 0 Å². The maximum absolute atomic E-state index is 12.0. The van der Waals surface area contributed by atoms with E-state index in [0.29, 0.717) is 37.4 Å². The van der Waals surface area contributed by atoms with Crippen molar-refractivity contribution < 1.29 is 14.3 Å². The van der Waals surface area contributed by atoms with Crippen molar-refractivity contribution in [3.05, 3.63) is 30.3 Å². The van der Waals surface area contributed by atoms with Crippen LogP contribution in [0.15, 0.2) is 35.5 Å². The predicted molar refractivity (Wildman–Crippen MR) is 97.4 cm³/mol. The molecule has 0 aliphatic carbocycles. The summed E-state index contributed by atoms with van der Waals surface area (Å²) in [5, 5.41) is 10.7. The van der Waals surface area contributed by atoms with Gasteiger partial charge < -0.3 is 15.4 Å². The van der Waals surface area contributed by atoms with Crippen LogP contribution in [0.1, 0.15) is 6.92 Å². The lowest BCUT2D eigenvalue weighted by Gasteiger charge is -2.28. The van der Waals surface area contributed by atoms with Crippen molar-refractivity contribution in [2.75, 3.05) is 31.2 Å². The fraction of sp³-hybridized carbons (Fsp3) is 0.375. The SMILES string of the molecule is CC(Sc1nnc(N2CCOCC2)n1-c1ccccc1)C(=O)NC(N)=O. The highest BCUT2D eigenvalue weighted by Gasteiger charge is 2.25. The average molecular weight is 376 g/mol. The number of carbonyl (C=O) groups is 2. The molecule has 10 heteroatoms. The lowest BCUT2D eigenvalue weighted by atomic mass is 10.3. The third-order valence-corrected chi connectivity index (χ3v) is 4.87. The number of urea groups is 1. The molecule has 3 amide bonds. The van der Waals surface area contributed by atoms with E-state index in [-0.39, 0.29) is 0 Å². The summed E-state index contributed by atoms with van der Waals surface area (Å²) in [6.45, 7) is 4.37. The zero-order valence-electron chi connectivity index (χ0n) is 14.3. The first kappa shape index (κ1) is 18.2. The number of para-hydroxylation sites is 1. The zero-order valence-corrected chi connectivity index (χ0v) is 15.1. The summed E-state index contributed by atoms with van der Waals surface area (Å²) in [7, 11) is 0. The van der Waals surface area contributed by atoms with Gasteiger partial charge in [0, 0.05) is 13.1 Å². The van der Waals surface area contributed by atoms with Gasteiger partial charge in [-0.05, 0) is 19.1 Å². The third-order valence-electron chi connectivity index (χ3n) is 3.82. The zero-order chi connectivity index (χ0) is 18.5. The van der Waals surface area contributed by atoms with Crippen LogP contribution in [0, 0.1) is 0 Å². The number of ether oxygens (including phenoxy) is 1. The van der Waals surface area contributed by atoms with Crippen molar-refractivity contribution in [1.82, 2.24) is 20.1 Å². The second-order valence-electron chi connectivity index (χ2n) is 5.67. The van der Waals surface area contributed by atoms with Crippen molar-refractivity contribution in [3.8, 4) is 5.69 Å². The first-order valence-electron chi connectivity index (χ1n) is 8.16. The number of anilines is 1. The number of nitrogens with one attached hydrogen (secondary N) is 1. The molecule has 1 saturated heterocycles. The van der Waals surface area contributed by atoms with Crippen LogP contribution in [0.3, 0.4) is 0 Å². The van der Waals surface area contributed by atoms with Gasteiger partial charge in [-0.25, -0.2) is 4.79 Å². The summed E-state index contributed by atoms with van der Waals surface area (Å²) in [5.74, 6) is 0.225. The maximum Gasteiger partial charge on any atom is 0.318 e. The molecule has 1 aromatic carbocycles. The molecule has 2 heterocycles. The van der Waals surface area contributed by atoms with E-state index < -0.39 is 17.2 Å². The Kier molecular flexibility index (Phi) is 5.74. The predicted octanol–water partition coefficient (Wildman–Crippen LogP) is 0.779. The van der Waals surface area contributed by atoms with Crippen LogP contribution in [0.25, 0.3) is 5.69 Å². The van der Waals surface area contributed by atoms with Crippen LogP contribution in [0.4, 0.5) is 10.7 Å². The minimum Gasteiger partial charge on any atom is -0.378 e. The maximum atomic E-state index is 12.0. The highest BCUT2D eigenvalue weighted by Crippen LogP contribution is 2.29. The van der Waals surface area contributed by atoms with Gasteiger partial charge in [-0.2, -0.15) is 0 Å². The molecule has 1 aromatic heterocycles. The largest absolute Gasteiger partial charge is 0.378 e. The number of primary amides is 1. The number of nitrogens with zero attached hydrogens (tertiary/aromatic N) is 4. The smallest absolute Gasteiger partial charge is 0.318 e. The Bertz CT molecular complexity index is 776. The Labute approximate surface area is 154 Å². The Morgan fingerprint density at radius 2 is 1.92 bits per heavy atom. The highest BCUT2D eigenvalue weighted by molar-refractivity contribution is 8.00. The van der Waals surface area contributed by atoms with Crippen molar-refractivity contribution in [2.45, 2.75) is 17.3 Å². The molecule has 26 heavy (non-hydrogen) atoms. The third kappa shape index (κ3) is 4.14. The number of morpholine rings is 1. The van der Waals surface area contributed by atoms with Gasteiger partial charge in [0.15, 0.2) is 5.16 Å². The summed E-state index contributed by atoms with van der Waals surface area (Å²) in [5.41, 5.74) is 5.91. The molecule has 0 radical (unpaired) electrons. The van der Waals surface area contributed by atoms with E-state index in [1.54, 1.807) is 6.92 Å². The van der Waals surface area contributed by atoms with Crippen LogP contribution in [-0.4, -0.2) is 58.3 Å². The molecule has 0 spiro atoms. The van der Waals surface area contributed by atoms with Crippen LogP contribution in [-0.2, 0) is 9.53 Å². The van der Waals surface area contributed by atoms with E-state index in [1.807, 2.05) is 34.9 Å². The number of aromatic nitrogens is 3. The van der Waals surface area contributed by atoms with Crippen molar-refractivity contribution in [3.63, 3.8) is 0 Å².